The van der Waals surface area contributed by atoms with Gasteiger partial charge in [-0.1, -0.05) is 0 Å². The number of carbonyl (C=O) groups excluding carboxylic acids is 2. The quantitative estimate of drug-likeness (QED) is 0.288. The van der Waals surface area contributed by atoms with E-state index >= 15 is 0 Å². The van der Waals surface area contributed by atoms with Crippen molar-refractivity contribution in [3.8, 4) is 8.87 Å². The number of Topliss-reactive ketones (excluding diaryl/α,β-unsaturated/α-hetero) is 2. The van der Waals surface area contributed by atoms with Crippen LogP contribution in [0.5, 0.6) is 0 Å². The maximum atomic E-state index is 12.1. The molecule has 1 aliphatic carbocycles. The third kappa shape index (κ3) is 2.30. The normalized spacial score (nSPS) is 13.7. The van der Waals surface area contributed by atoms with Gasteiger partial charge < -0.3 is 0 Å². The van der Waals surface area contributed by atoms with Crippen LogP contribution in [0.1, 0.15) is 20.7 Å². The zero-order valence-electron chi connectivity index (χ0n) is 8.36. The summed E-state index contributed by atoms with van der Waals surface area (Å²) in [6.07, 6.45) is 0. The molecule has 2 aromatic rings. The topological polar surface area (TPSA) is 34.1 Å². The summed E-state index contributed by atoms with van der Waals surface area (Å²) in [4.78, 5) is 24.2. The van der Waals surface area contributed by atoms with Gasteiger partial charge in [-0.05, 0) is 0 Å². The Morgan fingerprint density at radius 2 is 1.22 bits per heavy atom. The number of carbonyl (C=O) groups is 2. The zero-order valence-corrected chi connectivity index (χ0v) is 17.7. The molecule has 0 bridgehead atoms. The predicted octanol–water partition coefficient (Wildman–Crippen LogP) is 3.73. The van der Waals surface area contributed by atoms with E-state index < -0.39 is 0 Å². The molecule has 0 atom stereocenters. The molecule has 0 saturated heterocycles. The van der Waals surface area contributed by atoms with Crippen molar-refractivity contribution in [3.05, 3.63) is 23.3 Å². The predicted molar refractivity (Wildman–Crippen MR) is 94.2 cm³/mol. The van der Waals surface area contributed by atoms with E-state index in [0.717, 1.165) is 8.87 Å². The summed E-state index contributed by atoms with van der Waals surface area (Å²) in [6, 6.07) is 3.84. The van der Waals surface area contributed by atoms with Gasteiger partial charge in [0.05, 0.1) is 0 Å². The van der Waals surface area contributed by atoms with E-state index in [1.807, 2.05) is 12.1 Å². The number of hydrogen-bond acceptors (Lipinski definition) is 4. The number of rotatable bonds is 2. The molecule has 0 aliphatic heterocycles. The maximum absolute atomic E-state index is 12.1. The molecular weight excluding hydrogens is 628 g/mol. The van der Waals surface area contributed by atoms with Crippen molar-refractivity contribution in [2.45, 2.75) is 7.54 Å². The van der Waals surface area contributed by atoms with E-state index in [0.29, 0.717) is 11.1 Å². The molecule has 8 heteroatoms. The monoisotopic (exact) mass is 632 g/mol. The molecule has 1 aliphatic rings. The SMILES string of the molecule is O=C1C(=O)c2cc(SI)[se]c2-c2[se]c(SI)cc21. The summed E-state index contributed by atoms with van der Waals surface area (Å²) in [7, 11) is 3.31. The third-order valence-electron chi connectivity index (χ3n) is 2.47. The van der Waals surface area contributed by atoms with Crippen molar-refractivity contribution in [2.24, 2.45) is 0 Å². The molecule has 2 nitrogen and oxygen atoms in total. The van der Waals surface area contributed by atoms with Gasteiger partial charge in [0.1, 0.15) is 0 Å². The Balaban J connectivity index is 2.28. The Bertz CT molecular complexity index is 619. The van der Waals surface area contributed by atoms with Crippen LogP contribution >= 0.6 is 60.3 Å². The molecule has 0 radical (unpaired) electrons. The molecule has 92 valence electrons. The number of halogens is 2. The van der Waals surface area contributed by atoms with Gasteiger partial charge in [-0.2, -0.15) is 0 Å². The standard InChI is InChI=1S/C10H2I2O2S2Se2/c11-15-5-1-3-7(13)8(14)4-2-6(16-12)18-10(4)9(3)17-5/h1-2H. The van der Waals surface area contributed by atoms with E-state index in [4.69, 9.17) is 0 Å². The Morgan fingerprint density at radius 3 is 1.56 bits per heavy atom. The van der Waals surface area contributed by atoms with Crippen LogP contribution in [-0.4, -0.2) is 40.6 Å². The van der Waals surface area contributed by atoms with Gasteiger partial charge >= 0.3 is 150 Å². The average Bonchev–Trinajstić information content (AvgIpc) is 2.99. The van der Waals surface area contributed by atoms with E-state index in [1.165, 1.54) is 7.54 Å². The van der Waals surface area contributed by atoms with Crippen molar-refractivity contribution in [1.82, 2.24) is 0 Å². The molecular formula is C10H2I2O2S2Se2. The molecule has 0 amide bonds. The fourth-order valence-electron chi connectivity index (χ4n) is 1.73. The van der Waals surface area contributed by atoms with Gasteiger partial charge in [-0.3, -0.25) is 0 Å². The Labute approximate surface area is 148 Å². The van der Waals surface area contributed by atoms with Crippen LogP contribution in [0.15, 0.2) is 19.7 Å². The van der Waals surface area contributed by atoms with Gasteiger partial charge in [0.15, 0.2) is 0 Å². The molecule has 2 aromatic heterocycles. The average molecular weight is 630 g/mol. The molecule has 0 saturated carbocycles. The number of fused-ring (bicyclic) bond motifs is 3. The first kappa shape index (κ1) is 14.4. The summed E-state index contributed by atoms with van der Waals surface area (Å²) in [6.45, 7) is 0. The van der Waals surface area contributed by atoms with Crippen molar-refractivity contribution < 1.29 is 9.59 Å². The molecule has 18 heavy (non-hydrogen) atoms. The van der Waals surface area contributed by atoms with E-state index in [2.05, 4.69) is 42.4 Å². The number of hydrogen-bond donors (Lipinski definition) is 0. The first-order valence-corrected chi connectivity index (χ1v) is 14.7. The third-order valence-corrected chi connectivity index (χ3v) is 16.4. The number of ketones is 2. The first-order chi connectivity index (χ1) is 8.65. The Morgan fingerprint density at radius 1 is 0.833 bits per heavy atom. The molecule has 2 heterocycles. The molecule has 0 unspecified atom stereocenters. The van der Waals surface area contributed by atoms with Gasteiger partial charge in [-0.15, -0.1) is 0 Å². The second kappa shape index (κ2) is 5.71. The van der Waals surface area contributed by atoms with Crippen LogP contribution in [0.2, 0.25) is 0 Å². The Kier molecular flexibility index (Phi) is 4.58. The molecule has 0 fully saturated rings. The molecule has 3 rings (SSSR count). The van der Waals surface area contributed by atoms with E-state index in [-0.39, 0.29) is 40.6 Å². The summed E-state index contributed by atoms with van der Waals surface area (Å²) < 4.78 is 4.79. The van der Waals surface area contributed by atoms with Crippen LogP contribution in [-0.2, 0) is 0 Å². The van der Waals surface area contributed by atoms with Gasteiger partial charge in [0, 0.05) is 0 Å². The fourth-order valence-corrected chi connectivity index (χ4v) is 11.4. The van der Waals surface area contributed by atoms with Crippen molar-refractivity contribution >= 4 is 101 Å². The summed E-state index contributed by atoms with van der Waals surface area (Å²) in [5, 5.41) is 0. The van der Waals surface area contributed by atoms with Gasteiger partial charge in [0.25, 0.3) is 0 Å². The zero-order chi connectivity index (χ0) is 12.9. The minimum absolute atomic E-state index is 0.207. The van der Waals surface area contributed by atoms with Crippen LogP contribution in [0.25, 0.3) is 8.87 Å². The second-order valence-corrected chi connectivity index (χ2v) is 12.8. The van der Waals surface area contributed by atoms with Gasteiger partial charge in [0.2, 0.25) is 0 Å². The Hall–Kier alpha value is 1.50. The van der Waals surface area contributed by atoms with E-state index in [9.17, 15) is 9.59 Å². The van der Waals surface area contributed by atoms with Gasteiger partial charge in [-0.25, -0.2) is 0 Å². The summed E-state index contributed by atoms with van der Waals surface area (Å²) in [5.41, 5.74) is 1.35. The summed E-state index contributed by atoms with van der Waals surface area (Å²) >= 11 is 4.89. The van der Waals surface area contributed by atoms with Crippen LogP contribution in [0.3, 0.4) is 0 Å². The second-order valence-electron chi connectivity index (χ2n) is 3.43. The van der Waals surface area contributed by atoms with Crippen LogP contribution in [0.4, 0.5) is 0 Å². The van der Waals surface area contributed by atoms with Crippen molar-refractivity contribution in [2.75, 3.05) is 0 Å². The molecule has 0 aromatic carbocycles. The van der Waals surface area contributed by atoms with Crippen molar-refractivity contribution in [3.63, 3.8) is 0 Å². The van der Waals surface area contributed by atoms with E-state index in [1.54, 1.807) is 17.9 Å². The minimum atomic E-state index is -0.308. The fraction of sp³-hybridized carbons (Fsp3) is 0. The van der Waals surface area contributed by atoms with Crippen LogP contribution < -0.4 is 0 Å². The van der Waals surface area contributed by atoms with Crippen LogP contribution in [0, 0.1) is 0 Å². The molecule has 0 N–H and O–H groups in total. The molecule has 0 spiro atoms. The summed E-state index contributed by atoms with van der Waals surface area (Å²) in [5.74, 6) is -0.615. The first-order valence-electron chi connectivity index (χ1n) is 4.60. The van der Waals surface area contributed by atoms with Crippen molar-refractivity contribution in [1.29, 1.82) is 0 Å².